The Labute approximate surface area is 113 Å². The van der Waals surface area contributed by atoms with Gasteiger partial charge in [0.05, 0.1) is 0 Å². The summed E-state index contributed by atoms with van der Waals surface area (Å²) in [6.45, 7) is 7.67. The second kappa shape index (κ2) is 3.62. The molecule has 0 amide bonds. The third-order valence-corrected chi connectivity index (χ3v) is 5.47. The monoisotopic (exact) mass is 276 g/mol. The highest BCUT2D eigenvalue weighted by Gasteiger charge is 2.37. The molecule has 0 atom stereocenters. The van der Waals surface area contributed by atoms with Gasteiger partial charge in [-0.3, -0.25) is 9.59 Å². The van der Waals surface area contributed by atoms with Crippen LogP contribution < -0.4 is 0 Å². The molecule has 0 saturated heterocycles. The molecule has 0 N–H and O–H groups in total. The van der Waals surface area contributed by atoms with Crippen molar-refractivity contribution in [2.24, 2.45) is 0 Å². The molecule has 0 saturated carbocycles. The predicted octanol–water partition coefficient (Wildman–Crippen LogP) is 3.82. The SMILES string of the molecule is Cc1sc(C)c2c1C(=O)c1c(C)sc(C)c1C2=O. The van der Waals surface area contributed by atoms with E-state index in [0.717, 1.165) is 19.5 Å². The van der Waals surface area contributed by atoms with Crippen molar-refractivity contribution in [3.05, 3.63) is 41.8 Å². The summed E-state index contributed by atoms with van der Waals surface area (Å²) in [6, 6.07) is 0. The van der Waals surface area contributed by atoms with Crippen LogP contribution in [0, 0.1) is 27.7 Å². The maximum Gasteiger partial charge on any atom is 0.196 e. The van der Waals surface area contributed by atoms with E-state index < -0.39 is 0 Å². The molecule has 0 fully saturated rings. The minimum atomic E-state index is 0.0308. The summed E-state index contributed by atoms with van der Waals surface area (Å²) in [7, 11) is 0. The zero-order valence-electron chi connectivity index (χ0n) is 10.6. The standard InChI is InChI=1S/C14H12O2S2/c1-5-9-10(6(2)17-5)14(16)12-8(4)18-7(3)11(12)13(9)15/h1-4H3. The van der Waals surface area contributed by atoms with Gasteiger partial charge in [-0.25, -0.2) is 0 Å². The van der Waals surface area contributed by atoms with Crippen molar-refractivity contribution < 1.29 is 9.59 Å². The predicted molar refractivity (Wildman–Crippen MR) is 74.5 cm³/mol. The zero-order chi connectivity index (χ0) is 13.2. The molecule has 2 aromatic rings. The van der Waals surface area contributed by atoms with Gasteiger partial charge in [-0.15, -0.1) is 22.7 Å². The molecule has 0 radical (unpaired) electrons. The van der Waals surface area contributed by atoms with Crippen molar-refractivity contribution in [2.45, 2.75) is 27.7 Å². The summed E-state index contributed by atoms with van der Waals surface area (Å²) in [5, 5.41) is 0. The number of thiophene rings is 2. The summed E-state index contributed by atoms with van der Waals surface area (Å²) in [4.78, 5) is 29.0. The Bertz CT molecular complexity index is 601. The van der Waals surface area contributed by atoms with Crippen LogP contribution in [0.25, 0.3) is 0 Å². The highest BCUT2D eigenvalue weighted by atomic mass is 32.1. The lowest BCUT2D eigenvalue weighted by atomic mass is 9.85. The van der Waals surface area contributed by atoms with Gasteiger partial charge < -0.3 is 0 Å². The molecule has 1 aliphatic carbocycles. The topological polar surface area (TPSA) is 34.1 Å². The number of fused-ring (bicyclic) bond motifs is 2. The molecule has 18 heavy (non-hydrogen) atoms. The van der Waals surface area contributed by atoms with Gasteiger partial charge in [0.2, 0.25) is 0 Å². The molecule has 2 aromatic heterocycles. The Morgan fingerprint density at radius 2 is 0.778 bits per heavy atom. The first-order valence-electron chi connectivity index (χ1n) is 5.72. The Morgan fingerprint density at radius 1 is 0.556 bits per heavy atom. The van der Waals surface area contributed by atoms with Crippen LogP contribution in [0.5, 0.6) is 0 Å². The van der Waals surface area contributed by atoms with Crippen LogP contribution in [0.15, 0.2) is 0 Å². The van der Waals surface area contributed by atoms with Crippen LogP contribution in [0.3, 0.4) is 0 Å². The minimum Gasteiger partial charge on any atom is -0.288 e. The molecule has 2 heterocycles. The van der Waals surface area contributed by atoms with Gasteiger partial charge in [0, 0.05) is 41.8 Å². The molecule has 0 spiro atoms. The Morgan fingerprint density at radius 3 is 1.00 bits per heavy atom. The van der Waals surface area contributed by atoms with Gasteiger partial charge in [0.25, 0.3) is 0 Å². The smallest absolute Gasteiger partial charge is 0.196 e. The van der Waals surface area contributed by atoms with Gasteiger partial charge in [-0.2, -0.15) is 0 Å². The molecule has 0 aliphatic heterocycles. The Balaban J connectivity index is 2.42. The first-order valence-corrected chi connectivity index (χ1v) is 7.36. The number of carbonyl (C=O) groups excluding carboxylic acids is 2. The average molecular weight is 276 g/mol. The van der Waals surface area contributed by atoms with Gasteiger partial charge in [0.1, 0.15) is 0 Å². The van der Waals surface area contributed by atoms with Crippen molar-refractivity contribution in [1.82, 2.24) is 0 Å². The number of aryl methyl sites for hydroxylation is 4. The summed E-state index contributed by atoms with van der Waals surface area (Å²) in [6.07, 6.45) is 0. The lowest BCUT2D eigenvalue weighted by Gasteiger charge is -2.14. The largest absolute Gasteiger partial charge is 0.288 e. The molecule has 0 unspecified atom stereocenters. The van der Waals surface area contributed by atoms with E-state index in [4.69, 9.17) is 0 Å². The fourth-order valence-electron chi connectivity index (χ4n) is 2.71. The fraction of sp³-hybridized carbons (Fsp3) is 0.286. The number of rotatable bonds is 0. The van der Waals surface area contributed by atoms with Crippen LogP contribution in [-0.4, -0.2) is 11.6 Å². The molecular weight excluding hydrogens is 264 g/mol. The third-order valence-electron chi connectivity index (χ3n) is 3.43. The number of hydrogen-bond donors (Lipinski definition) is 0. The van der Waals surface area contributed by atoms with Gasteiger partial charge in [-0.1, -0.05) is 0 Å². The average Bonchev–Trinajstić information content (AvgIpc) is 2.73. The summed E-state index contributed by atoms with van der Waals surface area (Å²) >= 11 is 3.08. The van der Waals surface area contributed by atoms with E-state index in [9.17, 15) is 9.59 Å². The second-order valence-corrected chi connectivity index (χ2v) is 7.44. The minimum absolute atomic E-state index is 0.0308. The van der Waals surface area contributed by atoms with Crippen LogP contribution >= 0.6 is 22.7 Å². The number of carbonyl (C=O) groups is 2. The Hall–Kier alpha value is -1.26. The Kier molecular flexibility index (Phi) is 2.37. The zero-order valence-corrected chi connectivity index (χ0v) is 12.3. The van der Waals surface area contributed by atoms with Crippen LogP contribution in [0.1, 0.15) is 51.4 Å². The van der Waals surface area contributed by atoms with Crippen molar-refractivity contribution in [2.75, 3.05) is 0 Å². The van der Waals surface area contributed by atoms with Crippen molar-refractivity contribution in [1.29, 1.82) is 0 Å². The first-order chi connectivity index (χ1) is 8.43. The third kappa shape index (κ3) is 1.27. The van der Waals surface area contributed by atoms with Gasteiger partial charge in [-0.05, 0) is 27.7 Å². The van der Waals surface area contributed by atoms with E-state index in [0.29, 0.717) is 22.3 Å². The quantitative estimate of drug-likeness (QED) is 0.625. The van der Waals surface area contributed by atoms with Crippen LogP contribution in [-0.2, 0) is 0 Å². The van der Waals surface area contributed by atoms with Crippen molar-refractivity contribution in [3.8, 4) is 0 Å². The molecule has 4 heteroatoms. The van der Waals surface area contributed by atoms with Crippen LogP contribution in [0.4, 0.5) is 0 Å². The molecule has 3 rings (SSSR count). The van der Waals surface area contributed by atoms with Gasteiger partial charge >= 0.3 is 0 Å². The van der Waals surface area contributed by atoms with Gasteiger partial charge in [0.15, 0.2) is 11.6 Å². The lowest BCUT2D eigenvalue weighted by Crippen LogP contribution is -2.20. The molecule has 92 valence electrons. The highest BCUT2D eigenvalue weighted by molar-refractivity contribution is 7.13. The second-order valence-electron chi connectivity index (χ2n) is 4.59. The molecule has 0 bridgehead atoms. The summed E-state index contributed by atoms with van der Waals surface area (Å²) in [5.74, 6) is 0.0617. The normalized spacial score (nSPS) is 13.8. The van der Waals surface area contributed by atoms with E-state index in [2.05, 4.69) is 0 Å². The molecule has 2 nitrogen and oxygen atoms in total. The van der Waals surface area contributed by atoms with E-state index in [1.807, 2.05) is 27.7 Å². The molecule has 0 aromatic carbocycles. The number of hydrogen-bond acceptors (Lipinski definition) is 4. The van der Waals surface area contributed by atoms with Crippen molar-refractivity contribution >= 4 is 34.2 Å². The maximum atomic E-state index is 12.6. The molecule has 1 aliphatic rings. The van der Waals surface area contributed by atoms with Crippen molar-refractivity contribution in [3.63, 3.8) is 0 Å². The lowest BCUT2D eigenvalue weighted by molar-refractivity contribution is 0.0979. The maximum absolute atomic E-state index is 12.6. The highest BCUT2D eigenvalue weighted by Crippen LogP contribution is 2.40. The molecular formula is C14H12O2S2. The summed E-state index contributed by atoms with van der Waals surface area (Å²) in [5.41, 5.74) is 2.54. The van der Waals surface area contributed by atoms with Crippen LogP contribution in [0.2, 0.25) is 0 Å². The van der Waals surface area contributed by atoms with E-state index in [-0.39, 0.29) is 11.6 Å². The fourth-order valence-corrected chi connectivity index (χ4v) is 4.82. The number of ketones is 2. The summed E-state index contributed by atoms with van der Waals surface area (Å²) < 4.78 is 0. The first kappa shape index (κ1) is 11.8. The van der Waals surface area contributed by atoms with E-state index in [1.54, 1.807) is 0 Å². The van der Waals surface area contributed by atoms with E-state index >= 15 is 0 Å². The van der Waals surface area contributed by atoms with E-state index in [1.165, 1.54) is 22.7 Å².